The van der Waals surface area contributed by atoms with Crippen molar-refractivity contribution in [2.45, 2.75) is 12.6 Å². The molecule has 0 aliphatic rings. The molecular formula is C17H16N4O3S. The molecule has 0 aliphatic carbocycles. The van der Waals surface area contributed by atoms with Crippen LogP contribution in [0.25, 0.3) is 11.0 Å². The van der Waals surface area contributed by atoms with Gasteiger partial charge in [0.2, 0.25) is 0 Å². The Labute approximate surface area is 149 Å². The SMILES string of the molecule is O=C(N[C@H](CS)C(=O)n1nnc2ccccc21)OCc1ccccc1. The monoisotopic (exact) mass is 356 g/mol. The summed E-state index contributed by atoms with van der Waals surface area (Å²) in [7, 11) is 0. The highest BCUT2D eigenvalue weighted by molar-refractivity contribution is 7.80. The molecule has 1 atom stereocenters. The number of nitrogens with zero attached hydrogens (tertiary/aromatic N) is 3. The number of ether oxygens (including phenoxy) is 1. The van der Waals surface area contributed by atoms with Crippen molar-refractivity contribution in [2.75, 3.05) is 5.75 Å². The van der Waals surface area contributed by atoms with Gasteiger partial charge in [-0.15, -0.1) is 5.10 Å². The molecule has 1 heterocycles. The smallest absolute Gasteiger partial charge is 0.408 e. The highest BCUT2D eigenvalue weighted by atomic mass is 32.1. The van der Waals surface area contributed by atoms with Gasteiger partial charge >= 0.3 is 6.09 Å². The van der Waals surface area contributed by atoms with E-state index >= 15 is 0 Å². The summed E-state index contributed by atoms with van der Waals surface area (Å²) in [6, 6.07) is 15.5. The molecule has 0 aliphatic heterocycles. The van der Waals surface area contributed by atoms with Crippen LogP contribution in [-0.2, 0) is 11.3 Å². The maximum Gasteiger partial charge on any atom is 0.408 e. The summed E-state index contributed by atoms with van der Waals surface area (Å²) in [6.45, 7) is 0.117. The third-order valence-corrected chi connectivity index (χ3v) is 3.91. The highest BCUT2D eigenvalue weighted by Gasteiger charge is 2.24. The molecule has 0 radical (unpaired) electrons. The molecule has 3 aromatic rings. The quantitative estimate of drug-likeness (QED) is 0.685. The van der Waals surface area contributed by atoms with E-state index in [4.69, 9.17) is 4.74 Å². The summed E-state index contributed by atoms with van der Waals surface area (Å²) in [5.41, 5.74) is 2.02. The fourth-order valence-corrected chi connectivity index (χ4v) is 2.52. The van der Waals surface area contributed by atoms with Gasteiger partial charge in [-0.2, -0.15) is 17.3 Å². The minimum Gasteiger partial charge on any atom is -0.445 e. The van der Waals surface area contributed by atoms with Gasteiger partial charge < -0.3 is 10.1 Å². The number of carbonyl (C=O) groups is 2. The molecule has 0 fully saturated rings. The van der Waals surface area contributed by atoms with Crippen LogP contribution >= 0.6 is 12.6 Å². The molecule has 7 nitrogen and oxygen atoms in total. The van der Waals surface area contributed by atoms with Crippen molar-refractivity contribution in [3.63, 3.8) is 0 Å². The number of nitrogens with one attached hydrogen (secondary N) is 1. The fraction of sp³-hybridized carbons (Fsp3) is 0.176. The molecule has 0 saturated heterocycles. The van der Waals surface area contributed by atoms with Crippen LogP contribution in [0.5, 0.6) is 0 Å². The van der Waals surface area contributed by atoms with Crippen molar-refractivity contribution in [2.24, 2.45) is 0 Å². The van der Waals surface area contributed by atoms with E-state index in [-0.39, 0.29) is 12.4 Å². The minimum atomic E-state index is -0.878. The first-order valence-electron chi connectivity index (χ1n) is 7.62. The standard InChI is InChI=1S/C17H16N4O3S/c22-16(21-15-9-5-4-8-13(15)19-20-21)14(11-25)18-17(23)24-10-12-6-2-1-3-7-12/h1-9,14,25H,10-11H2,(H,18,23)/t14-/m1/s1. The zero-order valence-electron chi connectivity index (χ0n) is 13.2. The number of para-hydroxylation sites is 1. The molecule has 1 amide bonds. The van der Waals surface area contributed by atoms with Crippen molar-refractivity contribution in [3.05, 3.63) is 60.2 Å². The summed E-state index contributed by atoms with van der Waals surface area (Å²) in [6.07, 6.45) is -0.694. The molecule has 128 valence electrons. The Balaban J connectivity index is 1.65. The van der Waals surface area contributed by atoms with E-state index in [1.807, 2.05) is 30.3 Å². The number of hydrogen-bond donors (Lipinski definition) is 2. The summed E-state index contributed by atoms with van der Waals surface area (Å²) in [5.74, 6) is -0.326. The minimum absolute atomic E-state index is 0.105. The molecule has 0 saturated carbocycles. The number of hydrogen-bond acceptors (Lipinski definition) is 6. The van der Waals surface area contributed by atoms with Gasteiger partial charge in [-0.05, 0) is 17.7 Å². The summed E-state index contributed by atoms with van der Waals surface area (Å²) in [5, 5.41) is 10.3. The lowest BCUT2D eigenvalue weighted by Gasteiger charge is -2.15. The Hall–Kier alpha value is -2.87. The molecule has 1 N–H and O–H groups in total. The van der Waals surface area contributed by atoms with Crippen molar-refractivity contribution < 1.29 is 14.3 Å². The van der Waals surface area contributed by atoms with Crippen LogP contribution in [0.4, 0.5) is 4.79 Å². The second-order valence-electron chi connectivity index (χ2n) is 5.27. The van der Waals surface area contributed by atoms with Crippen molar-refractivity contribution >= 4 is 35.7 Å². The lowest BCUT2D eigenvalue weighted by atomic mass is 10.2. The van der Waals surface area contributed by atoms with Gasteiger partial charge in [0.15, 0.2) is 0 Å². The average molecular weight is 356 g/mol. The largest absolute Gasteiger partial charge is 0.445 e. The van der Waals surface area contributed by atoms with E-state index in [2.05, 4.69) is 28.3 Å². The molecule has 25 heavy (non-hydrogen) atoms. The van der Waals surface area contributed by atoms with Gasteiger partial charge in [0.25, 0.3) is 5.91 Å². The number of benzene rings is 2. The van der Waals surface area contributed by atoms with Crippen molar-refractivity contribution in [3.8, 4) is 0 Å². The first-order chi connectivity index (χ1) is 12.2. The Kier molecular flexibility index (Phi) is 5.30. The maximum absolute atomic E-state index is 12.6. The number of carbonyl (C=O) groups excluding carboxylic acids is 2. The van der Waals surface area contributed by atoms with E-state index in [0.717, 1.165) is 10.2 Å². The lowest BCUT2D eigenvalue weighted by Crippen LogP contribution is -2.45. The predicted octanol–water partition coefficient (Wildman–Crippen LogP) is 2.30. The second-order valence-corrected chi connectivity index (χ2v) is 5.63. The van der Waals surface area contributed by atoms with Crippen LogP contribution < -0.4 is 5.32 Å². The zero-order valence-corrected chi connectivity index (χ0v) is 14.1. The Morgan fingerprint density at radius 3 is 2.60 bits per heavy atom. The van der Waals surface area contributed by atoms with Crippen LogP contribution in [0, 0.1) is 0 Å². The van der Waals surface area contributed by atoms with Crippen LogP contribution in [0.15, 0.2) is 54.6 Å². The van der Waals surface area contributed by atoms with Gasteiger partial charge in [0, 0.05) is 5.75 Å². The van der Waals surface area contributed by atoms with Crippen LogP contribution in [-0.4, -0.2) is 38.8 Å². The summed E-state index contributed by atoms with van der Waals surface area (Å²) < 4.78 is 6.29. The van der Waals surface area contributed by atoms with Gasteiger partial charge in [0.05, 0.1) is 5.52 Å². The zero-order chi connectivity index (χ0) is 17.6. The van der Waals surface area contributed by atoms with Gasteiger partial charge in [0.1, 0.15) is 18.2 Å². The normalized spacial score (nSPS) is 11.9. The number of fused-ring (bicyclic) bond motifs is 1. The molecule has 3 rings (SSSR count). The third-order valence-electron chi connectivity index (χ3n) is 3.55. The number of amides is 1. The fourth-order valence-electron chi connectivity index (χ4n) is 2.27. The Morgan fingerprint density at radius 2 is 1.84 bits per heavy atom. The van der Waals surface area contributed by atoms with Gasteiger partial charge in [-0.1, -0.05) is 47.7 Å². The first kappa shape index (κ1) is 17.0. The maximum atomic E-state index is 12.6. The predicted molar refractivity (Wildman–Crippen MR) is 95.6 cm³/mol. The second kappa shape index (κ2) is 7.80. The molecule has 2 aromatic carbocycles. The number of alkyl carbamates (subject to hydrolysis) is 1. The van der Waals surface area contributed by atoms with Crippen molar-refractivity contribution in [1.82, 2.24) is 20.3 Å². The van der Waals surface area contributed by atoms with Crippen LogP contribution in [0.2, 0.25) is 0 Å². The average Bonchev–Trinajstić information content (AvgIpc) is 3.09. The molecule has 0 spiro atoms. The molecule has 8 heteroatoms. The Bertz CT molecular complexity index is 882. The van der Waals surface area contributed by atoms with Gasteiger partial charge in [-0.3, -0.25) is 4.79 Å². The first-order valence-corrected chi connectivity index (χ1v) is 8.25. The van der Waals surface area contributed by atoms with E-state index in [1.54, 1.807) is 24.3 Å². The van der Waals surface area contributed by atoms with Crippen LogP contribution in [0.1, 0.15) is 10.4 Å². The number of aromatic nitrogens is 3. The van der Waals surface area contributed by atoms with E-state index in [1.165, 1.54) is 0 Å². The van der Waals surface area contributed by atoms with E-state index in [0.29, 0.717) is 11.0 Å². The summed E-state index contributed by atoms with van der Waals surface area (Å²) >= 11 is 4.14. The molecule has 1 aromatic heterocycles. The highest BCUT2D eigenvalue weighted by Crippen LogP contribution is 2.11. The third kappa shape index (κ3) is 3.97. The Morgan fingerprint density at radius 1 is 1.12 bits per heavy atom. The molecule has 0 unspecified atom stereocenters. The van der Waals surface area contributed by atoms with E-state index < -0.39 is 18.0 Å². The van der Waals surface area contributed by atoms with Crippen molar-refractivity contribution in [1.29, 1.82) is 0 Å². The summed E-state index contributed by atoms with van der Waals surface area (Å²) in [4.78, 5) is 24.6. The number of rotatable bonds is 5. The lowest BCUT2D eigenvalue weighted by molar-refractivity contribution is 0.0837. The van der Waals surface area contributed by atoms with E-state index in [9.17, 15) is 9.59 Å². The topological polar surface area (TPSA) is 86.1 Å². The number of thiol groups is 1. The van der Waals surface area contributed by atoms with Crippen LogP contribution in [0.3, 0.4) is 0 Å². The molecular weight excluding hydrogens is 340 g/mol. The van der Waals surface area contributed by atoms with Gasteiger partial charge in [-0.25, -0.2) is 4.79 Å². The molecule has 0 bridgehead atoms.